The van der Waals surface area contributed by atoms with E-state index in [1.54, 1.807) is 0 Å². The molecular formula is C61H44N2. The minimum absolute atomic E-state index is 0.123. The average Bonchev–Trinajstić information content (AvgIpc) is 3.83. The highest BCUT2D eigenvalue weighted by atomic mass is 15.1. The third-order valence-corrected chi connectivity index (χ3v) is 13.4. The molecule has 0 amide bonds. The van der Waals surface area contributed by atoms with Crippen LogP contribution in [0.2, 0.25) is 0 Å². The maximum Gasteiger partial charge on any atom is 0.0626 e. The van der Waals surface area contributed by atoms with Crippen molar-refractivity contribution in [3.63, 3.8) is 0 Å². The zero-order chi connectivity index (χ0) is 42.1. The van der Waals surface area contributed by atoms with Gasteiger partial charge in [0.1, 0.15) is 0 Å². The van der Waals surface area contributed by atoms with E-state index in [9.17, 15) is 0 Å². The number of fused-ring (bicyclic) bond motifs is 9. The van der Waals surface area contributed by atoms with E-state index >= 15 is 0 Å². The normalized spacial score (nSPS) is 12.7. The van der Waals surface area contributed by atoms with Crippen LogP contribution in [0.3, 0.4) is 0 Å². The summed E-state index contributed by atoms with van der Waals surface area (Å²) in [6, 6.07) is 84.6. The maximum absolute atomic E-state index is 2.52. The molecule has 2 heteroatoms. The van der Waals surface area contributed by atoms with Gasteiger partial charge in [-0.05, 0) is 109 Å². The molecule has 0 atom stereocenters. The van der Waals surface area contributed by atoms with Gasteiger partial charge in [-0.2, -0.15) is 0 Å². The third kappa shape index (κ3) is 5.86. The molecule has 0 N–H and O–H groups in total. The number of nitrogens with zero attached hydrogens (tertiary/aromatic N) is 2. The SMILES string of the molecule is CC1(C)c2ccccc2-c2ccc(N(c3ccc(-c4ccccc4)cc3)c3ccc(-c4c(-c5ccccc5)c5c6ccccc6c6ccccc6c5n4-c4ccccc4)cc3)cc21. The molecule has 1 aliphatic rings. The fourth-order valence-electron chi connectivity index (χ4n) is 10.4. The monoisotopic (exact) mass is 804 g/mol. The summed E-state index contributed by atoms with van der Waals surface area (Å²) in [5, 5.41) is 6.28. The Morgan fingerprint density at radius 1 is 0.365 bits per heavy atom. The molecule has 298 valence electrons. The van der Waals surface area contributed by atoms with Crippen LogP contribution < -0.4 is 4.90 Å². The molecule has 2 nitrogen and oxygen atoms in total. The number of anilines is 3. The molecule has 0 unspecified atom stereocenters. The molecule has 0 radical (unpaired) electrons. The van der Waals surface area contributed by atoms with Gasteiger partial charge in [0.15, 0.2) is 0 Å². The van der Waals surface area contributed by atoms with Crippen molar-refractivity contribution in [1.29, 1.82) is 0 Å². The van der Waals surface area contributed by atoms with Crippen molar-refractivity contribution in [2.75, 3.05) is 4.90 Å². The first-order valence-corrected chi connectivity index (χ1v) is 21.9. The number of aromatic nitrogens is 1. The lowest BCUT2D eigenvalue weighted by Gasteiger charge is -2.28. The van der Waals surface area contributed by atoms with Gasteiger partial charge in [-0.3, -0.25) is 0 Å². The number of hydrogen-bond acceptors (Lipinski definition) is 1. The van der Waals surface area contributed by atoms with Crippen LogP contribution in [-0.4, -0.2) is 4.57 Å². The van der Waals surface area contributed by atoms with Crippen LogP contribution in [0.1, 0.15) is 25.0 Å². The predicted octanol–water partition coefficient (Wildman–Crippen LogP) is 16.7. The Labute approximate surface area is 368 Å². The van der Waals surface area contributed by atoms with E-state index in [0.717, 1.165) is 28.3 Å². The first-order valence-electron chi connectivity index (χ1n) is 21.9. The molecule has 1 heterocycles. The number of benzene rings is 10. The fraction of sp³-hybridized carbons (Fsp3) is 0.0492. The average molecular weight is 805 g/mol. The van der Waals surface area contributed by atoms with E-state index < -0.39 is 0 Å². The molecule has 10 aromatic carbocycles. The summed E-state index contributed by atoms with van der Waals surface area (Å²) in [6.45, 7) is 4.72. The van der Waals surface area contributed by atoms with E-state index in [1.165, 1.54) is 82.6 Å². The summed E-state index contributed by atoms with van der Waals surface area (Å²) < 4.78 is 2.52. The van der Waals surface area contributed by atoms with Crippen LogP contribution in [0.15, 0.2) is 231 Å². The van der Waals surface area contributed by atoms with Crippen molar-refractivity contribution in [1.82, 2.24) is 4.57 Å². The highest BCUT2D eigenvalue weighted by Crippen LogP contribution is 2.52. The van der Waals surface area contributed by atoms with Crippen molar-refractivity contribution in [3.05, 3.63) is 242 Å². The first-order chi connectivity index (χ1) is 31.0. The molecule has 1 aliphatic carbocycles. The standard InChI is InChI=1S/C61H44N2/c1-61(2)55-29-17-16-26-51(55)52-39-38-48(40-56(52)61)62(46-34-30-42(31-35-46)41-18-6-3-7-19-41)47-36-32-44(33-37-47)59-57(43-20-8-4-9-21-43)58-53-27-14-12-24-49(53)50-25-13-15-28-54(50)60(58)63(59)45-22-10-5-11-23-45/h3-40H,1-2H3. The van der Waals surface area contributed by atoms with Crippen molar-refractivity contribution in [2.45, 2.75) is 19.3 Å². The van der Waals surface area contributed by atoms with Crippen molar-refractivity contribution in [2.24, 2.45) is 0 Å². The van der Waals surface area contributed by atoms with Crippen LogP contribution in [0.4, 0.5) is 17.1 Å². The largest absolute Gasteiger partial charge is 0.310 e. The summed E-state index contributed by atoms with van der Waals surface area (Å²) in [6.07, 6.45) is 0. The van der Waals surface area contributed by atoms with Crippen LogP contribution in [-0.2, 0) is 5.41 Å². The van der Waals surface area contributed by atoms with Crippen LogP contribution in [0, 0.1) is 0 Å². The zero-order valence-corrected chi connectivity index (χ0v) is 35.3. The number of para-hydroxylation sites is 1. The van der Waals surface area contributed by atoms with Gasteiger partial charge in [-0.1, -0.05) is 196 Å². The molecule has 0 spiro atoms. The Hall–Kier alpha value is -7.94. The van der Waals surface area contributed by atoms with Crippen molar-refractivity contribution < 1.29 is 0 Å². The Bertz CT molecular complexity index is 3370. The lowest BCUT2D eigenvalue weighted by atomic mass is 9.82. The smallest absolute Gasteiger partial charge is 0.0626 e. The van der Waals surface area contributed by atoms with Gasteiger partial charge in [-0.15, -0.1) is 0 Å². The second kappa shape index (κ2) is 14.6. The Kier molecular flexibility index (Phi) is 8.55. The van der Waals surface area contributed by atoms with Gasteiger partial charge in [0.05, 0.1) is 11.2 Å². The van der Waals surface area contributed by atoms with Gasteiger partial charge in [0, 0.05) is 44.5 Å². The molecule has 0 fully saturated rings. The maximum atomic E-state index is 2.52. The van der Waals surface area contributed by atoms with Crippen LogP contribution in [0.5, 0.6) is 0 Å². The summed E-state index contributed by atoms with van der Waals surface area (Å²) in [5.74, 6) is 0. The fourth-order valence-corrected chi connectivity index (χ4v) is 10.4. The predicted molar refractivity (Wildman–Crippen MR) is 267 cm³/mol. The lowest BCUT2D eigenvalue weighted by Crippen LogP contribution is -2.16. The third-order valence-electron chi connectivity index (χ3n) is 13.4. The zero-order valence-electron chi connectivity index (χ0n) is 35.3. The van der Waals surface area contributed by atoms with E-state index in [1.807, 2.05) is 0 Å². The van der Waals surface area contributed by atoms with Gasteiger partial charge >= 0.3 is 0 Å². The Balaban J connectivity index is 1.09. The quantitative estimate of drug-likeness (QED) is 0.146. The van der Waals surface area contributed by atoms with Crippen molar-refractivity contribution >= 4 is 49.5 Å². The molecule has 0 bridgehead atoms. The second-order valence-electron chi connectivity index (χ2n) is 17.3. The minimum Gasteiger partial charge on any atom is -0.310 e. The van der Waals surface area contributed by atoms with E-state index in [4.69, 9.17) is 0 Å². The van der Waals surface area contributed by atoms with Gasteiger partial charge in [-0.25, -0.2) is 0 Å². The molecular weight excluding hydrogens is 761 g/mol. The molecule has 0 aliphatic heterocycles. The van der Waals surface area contributed by atoms with E-state index in [-0.39, 0.29) is 5.41 Å². The van der Waals surface area contributed by atoms with Crippen LogP contribution >= 0.6 is 0 Å². The first kappa shape index (κ1) is 36.9. The van der Waals surface area contributed by atoms with E-state index in [0.29, 0.717) is 0 Å². The Morgan fingerprint density at radius 3 is 1.51 bits per heavy atom. The minimum atomic E-state index is -0.123. The van der Waals surface area contributed by atoms with E-state index in [2.05, 4.69) is 254 Å². The number of hydrogen-bond donors (Lipinski definition) is 0. The highest BCUT2D eigenvalue weighted by molar-refractivity contribution is 6.30. The molecule has 1 aromatic heterocycles. The lowest BCUT2D eigenvalue weighted by molar-refractivity contribution is 0.660. The number of rotatable bonds is 7. The van der Waals surface area contributed by atoms with Gasteiger partial charge in [0.2, 0.25) is 0 Å². The van der Waals surface area contributed by atoms with Crippen molar-refractivity contribution in [3.8, 4) is 50.3 Å². The molecule has 12 rings (SSSR count). The second-order valence-corrected chi connectivity index (χ2v) is 17.3. The molecule has 0 saturated heterocycles. The van der Waals surface area contributed by atoms with Gasteiger partial charge < -0.3 is 9.47 Å². The molecule has 11 aromatic rings. The topological polar surface area (TPSA) is 8.17 Å². The summed E-state index contributed by atoms with van der Waals surface area (Å²) >= 11 is 0. The van der Waals surface area contributed by atoms with Gasteiger partial charge in [0.25, 0.3) is 0 Å². The summed E-state index contributed by atoms with van der Waals surface area (Å²) in [5.41, 5.74) is 18.1. The van der Waals surface area contributed by atoms with Crippen LogP contribution in [0.25, 0.3) is 82.8 Å². The summed E-state index contributed by atoms with van der Waals surface area (Å²) in [4.78, 5) is 2.42. The Morgan fingerprint density at radius 2 is 0.841 bits per heavy atom. The molecule has 0 saturated carbocycles. The summed E-state index contributed by atoms with van der Waals surface area (Å²) in [7, 11) is 0. The molecule has 63 heavy (non-hydrogen) atoms. The highest BCUT2D eigenvalue weighted by Gasteiger charge is 2.36.